The summed E-state index contributed by atoms with van der Waals surface area (Å²) >= 11 is 0. The number of nitrogens with zero attached hydrogens (tertiary/aromatic N) is 3. The smallest absolute Gasteiger partial charge is 0.0698 e. The Bertz CT molecular complexity index is 245. The number of likely N-dealkylation sites (tertiary alicyclic amines) is 1. The summed E-state index contributed by atoms with van der Waals surface area (Å²) in [6, 6.07) is 0.770. The average molecular weight is 271 g/mol. The van der Waals surface area contributed by atoms with Gasteiger partial charge in [0.15, 0.2) is 0 Å². The Hall–Kier alpha value is -0.200. The third kappa shape index (κ3) is 5.00. The van der Waals surface area contributed by atoms with Gasteiger partial charge in [-0.05, 0) is 26.4 Å². The Labute approximate surface area is 117 Å². The molecule has 2 fully saturated rings. The van der Waals surface area contributed by atoms with Crippen molar-refractivity contribution in [2.45, 2.75) is 18.9 Å². The van der Waals surface area contributed by atoms with Crippen molar-refractivity contribution < 1.29 is 9.84 Å². The number of piperidine rings is 1. The molecule has 0 aliphatic carbocycles. The van der Waals surface area contributed by atoms with Gasteiger partial charge in [-0.25, -0.2) is 0 Å². The molecule has 5 nitrogen and oxygen atoms in total. The molecule has 1 N–H and O–H groups in total. The van der Waals surface area contributed by atoms with Crippen LogP contribution < -0.4 is 0 Å². The fourth-order valence-electron chi connectivity index (χ4n) is 3.15. The van der Waals surface area contributed by atoms with Crippen molar-refractivity contribution >= 4 is 0 Å². The molecule has 2 aliphatic heterocycles. The van der Waals surface area contributed by atoms with Crippen LogP contribution in [0.1, 0.15) is 12.8 Å². The van der Waals surface area contributed by atoms with Crippen molar-refractivity contribution in [3.63, 3.8) is 0 Å². The zero-order chi connectivity index (χ0) is 13.5. The number of hydrogen-bond acceptors (Lipinski definition) is 5. The SMILES string of the molecule is CN1CCCC(N2CCN(CCOCCO)CC2)C1. The molecule has 0 aromatic carbocycles. The molecular formula is C14H29N3O2. The van der Waals surface area contributed by atoms with Crippen molar-refractivity contribution in [3.05, 3.63) is 0 Å². The molecule has 19 heavy (non-hydrogen) atoms. The third-order valence-electron chi connectivity index (χ3n) is 4.31. The molecule has 0 spiro atoms. The lowest BCUT2D eigenvalue weighted by molar-refractivity contribution is 0.0353. The van der Waals surface area contributed by atoms with E-state index in [1.165, 1.54) is 39.0 Å². The first-order valence-electron chi connectivity index (χ1n) is 7.63. The molecule has 2 aliphatic rings. The van der Waals surface area contributed by atoms with Gasteiger partial charge in [-0.1, -0.05) is 0 Å². The minimum atomic E-state index is 0.128. The number of ether oxygens (including phenoxy) is 1. The van der Waals surface area contributed by atoms with Crippen molar-refractivity contribution in [3.8, 4) is 0 Å². The van der Waals surface area contributed by atoms with E-state index in [0.29, 0.717) is 6.61 Å². The van der Waals surface area contributed by atoms with Crippen LogP contribution >= 0.6 is 0 Å². The summed E-state index contributed by atoms with van der Waals surface area (Å²) < 4.78 is 5.33. The lowest BCUT2D eigenvalue weighted by atomic mass is 10.0. The van der Waals surface area contributed by atoms with Gasteiger partial charge in [-0.15, -0.1) is 0 Å². The summed E-state index contributed by atoms with van der Waals surface area (Å²) in [4.78, 5) is 7.60. The van der Waals surface area contributed by atoms with Gasteiger partial charge in [0.05, 0.1) is 19.8 Å². The molecular weight excluding hydrogens is 242 g/mol. The minimum absolute atomic E-state index is 0.128. The average Bonchev–Trinajstić information content (AvgIpc) is 2.44. The first kappa shape index (κ1) is 15.2. The van der Waals surface area contributed by atoms with E-state index in [0.717, 1.165) is 32.3 Å². The predicted molar refractivity (Wildman–Crippen MR) is 76.4 cm³/mol. The lowest BCUT2D eigenvalue weighted by Crippen LogP contribution is -2.54. The lowest BCUT2D eigenvalue weighted by Gasteiger charge is -2.42. The summed E-state index contributed by atoms with van der Waals surface area (Å²) in [7, 11) is 2.24. The maximum Gasteiger partial charge on any atom is 0.0698 e. The Morgan fingerprint density at radius 3 is 2.58 bits per heavy atom. The molecule has 5 heteroatoms. The van der Waals surface area contributed by atoms with Gasteiger partial charge < -0.3 is 14.7 Å². The summed E-state index contributed by atoms with van der Waals surface area (Å²) in [5.74, 6) is 0. The van der Waals surface area contributed by atoms with E-state index in [-0.39, 0.29) is 6.61 Å². The van der Waals surface area contributed by atoms with E-state index in [2.05, 4.69) is 21.7 Å². The fraction of sp³-hybridized carbons (Fsp3) is 1.00. The van der Waals surface area contributed by atoms with Crippen LogP contribution in [0.3, 0.4) is 0 Å². The molecule has 0 bridgehead atoms. The van der Waals surface area contributed by atoms with Gasteiger partial charge >= 0.3 is 0 Å². The predicted octanol–water partition coefficient (Wildman–Crippen LogP) is -0.293. The maximum absolute atomic E-state index is 8.65. The molecule has 0 aromatic heterocycles. The normalized spacial score (nSPS) is 27.8. The van der Waals surface area contributed by atoms with Crippen molar-refractivity contribution in [1.82, 2.24) is 14.7 Å². The highest BCUT2D eigenvalue weighted by Crippen LogP contribution is 2.16. The highest BCUT2D eigenvalue weighted by Gasteiger charge is 2.26. The van der Waals surface area contributed by atoms with E-state index in [9.17, 15) is 0 Å². The second-order valence-electron chi connectivity index (χ2n) is 5.77. The molecule has 0 aromatic rings. The van der Waals surface area contributed by atoms with Crippen LogP contribution in [-0.4, -0.2) is 98.5 Å². The fourth-order valence-corrected chi connectivity index (χ4v) is 3.15. The van der Waals surface area contributed by atoms with Gasteiger partial charge in [0, 0.05) is 45.3 Å². The number of aliphatic hydroxyl groups is 1. The Kier molecular flexibility index (Phi) is 6.53. The number of piperazine rings is 1. The highest BCUT2D eigenvalue weighted by molar-refractivity contribution is 4.83. The molecule has 1 unspecified atom stereocenters. The Morgan fingerprint density at radius 1 is 1.11 bits per heavy atom. The third-order valence-corrected chi connectivity index (χ3v) is 4.31. The summed E-state index contributed by atoms with van der Waals surface area (Å²) in [5.41, 5.74) is 0. The van der Waals surface area contributed by atoms with Gasteiger partial charge in [0.25, 0.3) is 0 Å². The van der Waals surface area contributed by atoms with Crippen molar-refractivity contribution in [1.29, 1.82) is 0 Å². The first-order chi connectivity index (χ1) is 9.29. The van der Waals surface area contributed by atoms with Crippen LogP contribution in [0.15, 0.2) is 0 Å². The van der Waals surface area contributed by atoms with E-state index in [4.69, 9.17) is 9.84 Å². The summed E-state index contributed by atoms with van der Waals surface area (Å²) in [6.07, 6.45) is 2.71. The molecule has 0 amide bonds. The standard InChI is InChI=1S/C14H29N3O2/c1-15-4-2-3-14(13-15)17-7-5-16(6-8-17)9-11-19-12-10-18/h14,18H,2-13H2,1H3. The van der Waals surface area contributed by atoms with Crippen LogP contribution in [0.5, 0.6) is 0 Å². The van der Waals surface area contributed by atoms with Crippen LogP contribution in [-0.2, 0) is 4.74 Å². The number of aliphatic hydroxyl groups excluding tert-OH is 1. The summed E-state index contributed by atoms with van der Waals surface area (Å²) in [5, 5.41) is 8.65. The molecule has 2 rings (SSSR count). The van der Waals surface area contributed by atoms with Gasteiger partial charge in [0.1, 0.15) is 0 Å². The number of hydrogen-bond donors (Lipinski definition) is 1. The van der Waals surface area contributed by atoms with Crippen LogP contribution in [0.2, 0.25) is 0 Å². The van der Waals surface area contributed by atoms with Crippen molar-refractivity contribution in [2.24, 2.45) is 0 Å². The molecule has 2 saturated heterocycles. The second kappa shape index (κ2) is 8.17. The van der Waals surface area contributed by atoms with Gasteiger partial charge in [-0.2, -0.15) is 0 Å². The molecule has 1 atom stereocenters. The largest absolute Gasteiger partial charge is 0.394 e. The summed E-state index contributed by atoms with van der Waals surface area (Å²) in [6.45, 7) is 9.53. The Balaban J connectivity index is 1.62. The first-order valence-corrected chi connectivity index (χ1v) is 7.63. The van der Waals surface area contributed by atoms with Gasteiger partial charge in [0.2, 0.25) is 0 Å². The van der Waals surface area contributed by atoms with Crippen LogP contribution in [0.25, 0.3) is 0 Å². The minimum Gasteiger partial charge on any atom is -0.394 e. The van der Waals surface area contributed by atoms with E-state index >= 15 is 0 Å². The molecule has 112 valence electrons. The second-order valence-corrected chi connectivity index (χ2v) is 5.77. The zero-order valence-corrected chi connectivity index (χ0v) is 12.3. The van der Waals surface area contributed by atoms with E-state index in [1.807, 2.05) is 0 Å². The molecule has 0 radical (unpaired) electrons. The number of rotatable bonds is 6. The number of likely N-dealkylation sites (N-methyl/N-ethyl adjacent to an activating group) is 1. The Morgan fingerprint density at radius 2 is 1.89 bits per heavy atom. The quantitative estimate of drug-likeness (QED) is 0.672. The highest BCUT2D eigenvalue weighted by atomic mass is 16.5. The van der Waals surface area contributed by atoms with E-state index < -0.39 is 0 Å². The van der Waals surface area contributed by atoms with Crippen LogP contribution in [0.4, 0.5) is 0 Å². The molecule has 0 saturated carbocycles. The van der Waals surface area contributed by atoms with Gasteiger partial charge in [-0.3, -0.25) is 9.80 Å². The maximum atomic E-state index is 8.65. The van der Waals surface area contributed by atoms with Crippen molar-refractivity contribution in [2.75, 3.05) is 72.7 Å². The van der Waals surface area contributed by atoms with Crippen LogP contribution in [0, 0.1) is 0 Å². The van der Waals surface area contributed by atoms with E-state index in [1.54, 1.807) is 0 Å². The topological polar surface area (TPSA) is 39.2 Å². The zero-order valence-electron chi connectivity index (χ0n) is 12.3. The molecule has 2 heterocycles. The monoisotopic (exact) mass is 271 g/mol.